The minimum absolute atomic E-state index is 0.0715. The highest BCUT2D eigenvalue weighted by Gasteiger charge is 2.49. The van der Waals surface area contributed by atoms with Crippen LogP contribution in [0.4, 0.5) is 33.3 Å². The van der Waals surface area contributed by atoms with Crippen molar-refractivity contribution in [3.8, 4) is 36.2 Å². The van der Waals surface area contributed by atoms with Gasteiger partial charge in [0.15, 0.2) is 0 Å². The molecule has 2 aromatic carbocycles. The molecule has 0 saturated heterocycles. The second-order valence-electron chi connectivity index (χ2n) is 13.0. The average molecular weight is 864 g/mol. The highest BCUT2D eigenvalue weighted by atomic mass is 35.5. The minimum atomic E-state index is -4.83. The molecule has 0 spiro atoms. The smallest absolute Gasteiger partial charge is 0.489 e. The predicted octanol–water partition coefficient (Wildman–Crippen LogP) is 9.57. The lowest BCUT2D eigenvalue weighted by Gasteiger charge is -2.43. The van der Waals surface area contributed by atoms with Crippen LogP contribution in [0.25, 0.3) is 0 Å². The number of aldehydes is 1. The summed E-state index contributed by atoms with van der Waals surface area (Å²) in [7, 11) is 1.00. The molecule has 5 rings (SSSR count). The number of carboxylic acid groups (broad SMARTS) is 1. The lowest BCUT2D eigenvalue weighted by Crippen LogP contribution is -2.56. The van der Waals surface area contributed by atoms with Crippen molar-refractivity contribution in [1.29, 1.82) is 0 Å². The molecule has 10 nitrogen and oxygen atoms in total. The number of terminal acetylenes is 2. The van der Waals surface area contributed by atoms with Crippen LogP contribution in [0.1, 0.15) is 96.5 Å². The number of aliphatic hydroxyl groups is 1. The van der Waals surface area contributed by atoms with Crippen LogP contribution >= 0.6 is 23.2 Å². The number of amides is 2. The van der Waals surface area contributed by atoms with Crippen molar-refractivity contribution in [1.82, 2.24) is 0 Å². The van der Waals surface area contributed by atoms with E-state index in [0.717, 1.165) is 69.4 Å². The van der Waals surface area contributed by atoms with E-state index in [1.54, 1.807) is 13.0 Å². The second kappa shape index (κ2) is 24.4. The van der Waals surface area contributed by atoms with Gasteiger partial charge in [-0.1, -0.05) is 56.3 Å². The van der Waals surface area contributed by atoms with Crippen molar-refractivity contribution in [2.75, 3.05) is 16.9 Å². The molecule has 0 aromatic heterocycles. The number of anilines is 2. The van der Waals surface area contributed by atoms with Gasteiger partial charge in [0.25, 0.3) is 6.47 Å². The van der Waals surface area contributed by atoms with E-state index in [9.17, 15) is 36.3 Å². The predicted molar refractivity (Wildman–Crippen MR) is 212 cm³/mol. The number of hydrogen-bond donors (Lipinski definition) is 2. The van der Waals surface area contributed by atoms with E-state index in [2.05, 4.69) is 10.7 Å². The normalized spacial score (nSPS) is 16.6. The molecule has 3 saturated carbocycles. The Morgan fingerprint density at radius 1 is 0.862 bits per heavy atom. The highest BCUT2D eigenvalue weighted by Crippen LogP contribution is 2.45. The first kappa shape index (κ1) is 51.4. The monoisotopic (exact) mass is 862 g/mol. The molecule has 3 aliphatic carbocycles. The maximum atomic E-state index is 13.7. The Bertz CT molecular complexity index is 1720. The molecule has 58 heavy (non-hydrogen) atoms. The van der Waals surface area contributed by atoms with Crippen LogP contribution in [0.15, 0.2) is 30.3 Å². The second-order valence-corrected chi connectivity index (χ2v) is 13.8. The Balaban J connectivity index is 0.000000510. The molecule has 0 radical (unpaired) electrons. The van der Waals surface area contributed by atoms with E-state index in [1.807, 2.05) is 19.8 Å². The maximum absolute atomic E-state index is 13.7. The number of alkyl halides is 5. The van der Waals surface area contributed by atoms with Gasteiger partial charge < -0.3 is 24.5 Å². The van der Waals surface area contributed by atoms with Crippen molar-refractivity contribution in [3.05, 3.63) is 45.9 Å². The van der Waals surface area contributed by atoms with E-state index in [1.165, 1.54) is 23.1 Å². The van der Waals surface area contributed by atoms with Crippen LogP contribution < -0.4 is 19.3 Å². The van der Waals surface area contributed by atoms with Crippen LogP contribution in [0.2, 0.25) is 10.0 Å². The van der Waals surface area contributed by atoms with Gasteiger partial charge in [0, 0.05) is 37.4 Å². The average Bonchev–Trinajstić information content (AvgIpc) is 3.18. The standard InChI is InChI=1S/C21H22ClF2NO3.C16H15ClF3NO2.C2H6.CH2O2.CH4O/c1-3-18(27)25(20(13-26)7-9-21(23,24)10-8-20)15-11-14(2)19(17(22)12-15)28-16-5-4-6-16;1-2-15(22)21(11-6-4-3-5-7-11)12-8-9-14(13(17)10-12)23-16(18,19)20;1-2;2-1-3;1-2/h1,11-13,16H,4-10H2,2H3;1,8-11H,3-7H2;1-2H3;1H,(H,2,3);2H,1H3. The molecule has 3 aliphatic rings. The molecule has 2 aromatic rings. The summed E-state index contributed by atoms with van der Waals surface area (Å²) in [6.45, 7) is 5.53. The van der Waals surface area contributed by atoms with Crippen molar-refractivity contribution < 1.29 is 60.8 Å². The fraction of sp³-hybridized carbons (Fsp3) is 0.512. The summed E-state index contributed by atoms with van der Waals surface area (Å²) in [6, 6.07) is 6.81. The van der Waals surface area contributed by atoms with Crippen molar-refractivity contribution >= 4 is 59.1 Å². The van der Waals surface area contributed by atoms with E-state index in [4.69, 9.17) is 55.8 Å². The summed E-state index contributed by atoms with van der Waals surface area (Å²) in [4.78, 5) is 47.5. The third-order valence-corrected chi connectivity index (χ3v) is 9.93. The van der Waals surface area contributed by atoms with E-state index in [-0.39, 0.29) is 36.5 Å². The summed E-state index contributed by atoms with van der Waals surface area (Å²) in [5.74, 6) is -0.0603. The molecule has 2 amide bonds. The molecule has 0 bridgehead atoms. The van der Waals surface area contributed by atoms with Gasteiger partial charge in [-0.3, -0.25) is 24.2 Å². The van der Waals surface area contributed by atoms with Gasteiger partial charge in [-0.25, -0.2) is 8.78 Å². The summed E-state index contributed by atoms with van der Waals surface area (Å²) in [5.41, 5.74) is -0.0495. The van der Waals surface area contributed by atoms with Crippen molar-refractivity contribution in [2.45, 2.75) is 128 Å². The Kier molecular flexibility index (Phi) is 21.6. The first-order valence-corrected chi connectivity index (χ1v) is 19.2. The number of ether oxygens (including phenoxy) is 2. The van der Waals surface area contributed by atoms with Crippen LogP contribution in [0, 0.1) is 31.6 Å². The van der Waals surface area contributed by atoms with Crippen LogP contribution in [0.5, 0.6) is 11.5 Å². The molecule has 0 heterocycles. The molecular formula is C41H49Cl2F5N2O8. The summed E-state index contributed by atoms with van der Waals surface area (Å²) in [5, 5.41) is 13.9. The van der Waals surface area contributed by atoms with Crippen LogP contribution in [-0.4, -0.2) is 71.9 Å². The zero-order valence-electron chi connectivity index (χ0n) is 32.7. The number of nitrogens with zero attached hydrogens (tertiary/aromatic N) is 2. The van der Waals surface area contributed by atoms with E-state index in [0.29, 0.717) is 34.0 Å². The van der Waals surface area contributed by atoms with Gasteiger partial charge >= 0.3 is 18.2 Å². The number of carbonyl (C=O) groups is 4. The van der Waals surface area contributed by atoms with Gasteiger partial charge in [-0.05, 0) is 99.6 Å². The summed E-state index contributed by atoms with van der Waals surface area (Å²) >= 11 is 12.3. The largest absolute Gasteiger partial charge is 0.573 e. The maximum Gasteiger partial charge on any atom is 0.573 e. The quantitative estimate of drug-likeness (QED) is 0.152. The first-order valence-electron chi connectivity index (χ1n) is 18.4. The SMILES string of the molecule is C#CC(=O)N(c1cc(C)c(OC2CCC2)c(Cl)c1)C1(C=O)CCC(F)(F)CC1.C#CC(=O)N(c1ccc(OC(F)(F)F)c(Cl)c1)C1CCCCC1.CC.CO.O=CO. The molecule has 17 heteroatoms. The summed E-state index contributed by atoms with van der Waals surface area (Å²) in [6.07, 6.45) is 12.7. The van der Waals surface area contributed by atoms with Gasteiger partial charge in [-0.2, -0.15) is 0 Å². The third-order valence-electron chi connectivity index (χ3n) is 9.35. The van der Waals surface area contributed by atoms with E-state index < -0.39 is 48.2 Å². The number of rotatable bonds is 8. The van der Waals surface area contributed by atoms with Gasteiger partial charge in [0.1, 0.15) is 23.3 Å². The molecule has 0 unspecified atom stereocenters. The lowest BCUT2D eigenvalue weighted by atomic mass is 9.79. The molecule has 0 atom stereocenters. The molecular weight excluding hydrogens is 814 g/mol. The van der Waals surface area contributed by atoms with E-state index >= 15 is 0 Å². The molecule has 320 valence electrons. The Hall–Kier alpha value is -4.57. The highest BCUT2D eigenvalue weighted by molar-refractivity contribution is 6.33. The molecule has 3 fully saturated rings. The Morgan fingerprint density at radius 2 is 1.40 bits per heavy atom. The zero-order valence-corrected chi connectivity index (χ0v) is 34.2. The van der Waals surface area contributed by atoms with Crippen LogP contribution in [-0.2, 0) is 19.2 Å². The number of benzene rings is 2. The fourth-order valence-electron chi connectivity index (χ4n) is 6.48. The van der Waals surface area contributed by atoms with Gasteiger partial charge in [0.05, 0.1) is 16.1 Å². The topological polar surface area (TPSA) is 134 Å². The number of hydrogen-bond acceptors (Lipinski definition) is 7. The van der Waals surface area contributed by atoms with Gasteiger partial charge in [0.2, 0.25) is 5.92 Å². The van der Waals surface area contributed by atoms with Gasteiger partial charge in [-0.15, -0.1) is 26.0 Å². The summed E-state index contributed by atoms with van der Waals surface area (Å²) < 4.78 is 73.9. The Labute approximate surface area is 345 Å². The van der Waals surface area contributed by atoms with Crippen molar-refractivity contribution in [3.63, 3.8) is 0 Å². The van der Waals surface area contributed by atoms with Crippen molar-refractivity contribution in [2.24, 2.45) is 0 Å². The zero-order chi connectivity index (χ0) is 44.3. The molecule has 2 N–H and O–H groups in total. The number of aliphatic hydroxyl groups excluding tert-OH is 1. The third kappa shape index (κ3) is 14.7. The fourth-order valence-corrected chi connectivity index (χ4v) is 7.00. The molecule has 0 aliphatic heterocycles. The first-order chi connectivity index (χ1) is 27.4. The number of carbonyl (C=O) groups excluding carboxylic acids is 3. The lowest BCUT2D eigenvalue weighted by molar-refractivity contribution is -0.274. The van der Waals surface area contributed by atoms with Crippen LogP contribution in [0.3, 0.4) is 0 Å². The Morgan fingerprint density at radius 3 is 1.83 bits per heavy atom. The minimum Gasteiger partial charge on any atom is -0.489 e. The number of halogens is 7. The number of aryl methyl sites for hydroxylation is 1.